The third-order valence-electron chi connectivity index (χ3n) is 7.73. The normalized spacial score (nSPS) is 23.9. The molecular formula is C28H39N7O5S. The number of aromatic nitrogens is 4. The summed E-state index contributed by atoms with van der Waals surface area (Å²) in [7, 11) is 0. The van der Waals surface area contributed by atoms with Gasteiger partial charge in [0.15, 0.2) is 0 Å². The molecule has 2 aliphatic carbocycles. The van der Waals surface area contributed by atoms with E-state index >= 15 is 0 Å². The molecule has 1 unspecified atom stereocenters. The first-order valence-corrected chi connectivity index (χ1v) is 15.0. The summed E-state index contributed by atoms with van der Waals surface area (Å²) in [5, 5.41) is 42.6. The van der Waals surface area contributed by atoms with Crippen molar-refractivity contribution in [3.05, 3.63) is 23.7 Å². The SMILES string of the molecule is CCOC[C@@H](C)Nc1nc(C)c(-c2nc3c(C)nccc3s2)c(N[C@@H]2C[C@H](C(O)C(=O)NCC3CC3)[C@@H](O)[C@H]2O)n1. The average Bonchev–Trinajstić information content (AvgIpc) is 3.61. The number of rotatable bonds is 12. The van der Waals surface area contributed by atoms with Crippen molar-refractivity contribution in [2.24, 2.45) is 11.8 Å². The molecule has 0 bridgehead atoms. The summed E-state index contributed by atoms with van der Waals surface area (Å²) in [5.74, 6) is -0.101. The van der Waals surface area contributed by atoms with Gasteiger partial charge >= 0.3 is 0 Å². The minimum absolute atomic E-state index is 0.0585. The molecule has 0 saturated heterocycles. The van der Waals surface area contributed by atoms with Crippen LogP contribution < -0.4 is 16.0 Å². The van der Waals surface area contributed by atoms with E-state index in [9.17, 15) is 20.1 Å². The molecule has 5 rings (SSSR count). The number of anilines is 2. The van der Waals surface area contributed by atoms with E-state index in [1.165, 1.54) is 11.3 Å². The number of aryl methyl sites for hydroxylation is 2. The van der Waals surface area contributed by atoms with E-state index in [1.54, 1.807) is 6.20 Å². The Morgan fingerprint density at radius 3 is 2.66 bits per heavy atom. The molecule has 13 heteroatoms. The van der Waals surface area contributed by atoms with Gasteiger partial charge in [-0.3, -0.25) is 9.78 Å². The van der Waals surface area contributed by atoms with Gasteiger partial charge in [-0.25, -0.2) is 9.97 Å². The van der Waals surface area contributed by atoms with E-state index in [0.29, 0.717) is 53.7 Å². The quantitative estimate of drug-likeness (QED) is 0.183. The monoisotopic (exact) mass is 585 g/mol. The van der Waals surface area contributed by atoms with Crippen LogP contribution in [0.3, 0.4) is 0 Å². The second kappa shape index (κ2) is 12.5. The fourth-order valence-electron chi connectivity index (χ4n) is 5.21. The van der Waals surface area contributed by atoms with Crippen molar-refractivity contribution in [3.8, 4) is 10.6 Å². The Bertz CT molecular complexity index is 1380. The highest BCUT2D eigenvalue weighted by molar-refractivity contribution is 7.21. The van der Waals surface area contributed by atoms with Gasteiger partial charge in [-0.2, -0.15) is 4.98 Å². The first-order valence-electron chi connectivity index (χ1n) is 14.2. The smallest absolute Gasteiger partial charge is 0.249 e. The summed E-state index contributed by atoms with van der Waals surface area (Å²) < 4.78 is 6.50. The largest absolute Gasteiger partial charge is 0.390 e. The van der Waals surface area contributed by atoms with Gasteiger partial charge in [0.2, 0.25) is 11.9 Å². The molecule has 1 amide bonds. The van der Waals surface area contributed by atoms with E-state index in [0.717, 1.165) is 28.8 Å². The fraction of sp³-hybridized carbons (Fsp3) is 0.607. The van der Waals surface area contributed by atoms with E-state index in [2.05, 4.69) is 20.9 Å². The Labute approximate surface area is 243 Å². The minimum Gasteiger partial charge on any atom is -0.390 e. The molecule has 0 aliphatic heterocycles. The topological polar surface area (TPSA) is 175 Å². The molecule has 222 valence electrons. The third-order valence-corrected chi connectivity index (χ3v) is 8.76. The molecule has 2 aliphatic rings. The maximum Gasteiger partial charge on any atom is 0.249 e. The van der Waals surface area contributed by atoms with Gasteiger partial charge in [-0.1, -0.05) is 0 Å². The number of nitrogens with zero attached hydrogens (tertiary/aromatic N) is 4. The number of nitrogens with one attached hydrogen (secondary N) is 3. The molecular weight excluding hydrogens is 546 g/mol. The Balaban J connectivity index is 1.43. The lowest BCUT2D eigenvalue weighted by molar-refractivity contribution is -0.135. The second-order valence-electron chi connectivity index (χ2n) is 11.1. The van der Waals surface area contributed by atoms with Crippen LogP contribution in [0.1, 0.15) is 44.5 Å². The van der Waals surface area contributed by atoms with Crippen LogP contribution in [0.2, 0.25) is 0 Å². The lowest BCUT2D eigenvalue weighted by Crippen LogP contribution is -2.44. The van der Waals surface area contributed by atoms with Gasteiger partial charge in [0.05, 0.1) is 40.4 Å². The van der Waals surface area contributed by atoms with Crippen LogP contribution in [0.5, 0.6) is 0 Å². The minimum atomic E-state index is -1.44. The van der Waals surface area contributed by atoms with Crippen LogP contribution in [0.15, 0.2) is 12.3 Å². The lowest BCUT2D eigenvalue weighted by atomic mass is 9.97. The zero-order valence-corrected chi connectivity index (χ0v) is 24.6. The van der Waals surface area contributed by atoms with Crippen molar-refractivity contribution < 1.29 is 24.9 Å². The molecule has 6 atom stereocenters. The number of aliphatic hydroxyl groups is 3. The Kier molecular flexibility index (Phi) is 9.00. The number of fused-ring (bicyclic) bond motifs is 1. The Morgan fingerprint density at radius 1 is 1.17 bits per heavy atom. The van der Waals surface area contributed by atoms with Crippen LogP contribution in [-0.4, -0.2) is 91.3 Å². The van der Waals surface area contributed by atoms with Crippen LogP contribution in [0.25, 0.3) is 20.8 Å². The van der Waals surface area contributed by atoms with Crippen molar-refractivity contribution in [1.29, 1.82) is 0 Å². The number of hydrogen-bond acceptors (Lipinski definition) is 12. The molecule has 0 spiro atoms. The number of carbonyl (C=O) groups is 1. The van der Waals surface area contributed by atoms with Gasteiger partial charge < -0.3 is 36.0 Å². The molecule has 3 aromatic rings. The zero-order chi connectivity index (χ0) is 29.3. The van der Waals surface area contributed by atoms with Crippen molar-refractivity contribution in [2.75, 3.05) is 30.4 Å². The summed E-state index contributed by atoms with van der Waals surface area (Å²) in [6.45, 7) is 9.26. The first kappa shape index (κ1) is 29.5. The van der Waals surface area contributed by atoms with Crippen LogP contribution in [0.4, 0.5) is 11.8 Å². The zero-order valence-electron chi connectivity index (χ0n) is 23.8. The van der Waals surface area contributed by atoms with E-state index < -0.39 is 36.2 Å². The van der Waals surface area contributed by atoms with Gasteiger partial charge in [0.25, 0.3) is 0 Å². The van der Waals surface area contributed by atoms with Crippen molar-refractivity contribution >= 4 is 39.2 Å². The summed E-state index contributed by atoms with van der Waals surface area (Å²) >= 11 is 1.49. The van der Waals surface area contributed by atoms with Gasteiger partial charge in [-0.15, -0.1) is 11.3 Å². The summed E-state index contributed by atoms with van der Waals surface area (Å²) in [5.41, 5.74) is 2.94. The molecule has 0 radical (unpaired) electrons. The molecule has 0 aromatic carbocycles. The van der Waals surface area contributed by atoms with Gasteiger partial charge in [0.1, 0.15) is 28.6 Å². The standard InChI is InChI=1S/C28H39N7O5S/c1-5-40-12-13(2)31-28-32-14(3)20(27-34-21-15(4)29-9-8-19(21)41-27)25(35-28)33-18-10-17(22(36)24(18)38)23(37)26(39)30-11-16-6-7-16/h8-9,13,16-18,22-24,36-38H,5-7,10-12H2,1-4H3,(H,30,39)(H2,31,32,33,35)/t13-,17+,18-,22-,23?,24+/m1/s1. The highest BCUT2D eigenvalue weighted by atomic mass is 32.1. The average molecular weight is 586 g/mol. The molecule has 2 fully saturated rings. The predicted molar refractivity (Wildman–Crippen MR) is 157 cm³/mol. The number of thiazole rings is 1. The number of carbonyl (C=O) groups excluding carboxylic acids is 1. The van der Waals surface area contributed by atoms with E-state index in [-0.39, 0.29) is 12.5 Å². The number of ether oxygens (including phenoxy) is 1. The van der Waals surface area contributed by atoms with E-state index in [4.69, 9.17) is 19.7 Å². The van der Waals surface area contributed by atoms with E-state index in [1.807, 2.05) is 33.8 Å². The highest BCUT2D eigenvalue weighted by Crippen LogP contribution is 2.39. The summed E-state index contributed by atoms with van der Waals surface area (Å²) in [6, 6.07) is 1.17. The van der Waals surface area contributed by atoms with Crippen LogP contribution >= 0.6 is 11.3 Å². The van der Waals surface area contributed by atoms with Crippen molar-refractivity contribution in [1.82, 2.24) is 25.3 Å². The molecule has 2 saturated carbocycles. The maximum absolute atomic E-state index is 12.6. The summed E-state index contributed by atoms with van der Waals surface area (Å²) in [6.07, 6.45) is 0.0876. The first-order chi connectivity index (χ1) is 19.7. The lowest BCUT2D eigenvalue weighted by Gasteiger charge is -2.22. The maximum atomic E-state index is 12.6. The fourth-order valence-corrected chi connectivity index (χ4v) is 6.32. The highest BCUT2D eigenvalue weighted by Gasteiger charge is 2.47. The number of amides is 1. The molecule has 41 heavy (non-hydrogen) atoms. The van der Waals surface area contributed by atoms with Gasteiger partial charge in [0, 0.05) is 31.3 Å². The van der Waals surface area contributed by atoms with Crippen LogP contribution in [-0.2, 0) is 9.53 Å². The molecule has 3 heterocycles. The summed E-state index contributed by atoms with van der Waals surface area (Å²) in [4.78, 5) is 31.2. The number of aliphatic hydroxyl groups excluding tert-OH is 3. The third kappa shape index (κ3) is 6.59. The Hall–Kier alpha value is -2.97. The predicted octanol–water partition coefficient (Wildman–Crippen LogP) is 2.01. The molecule has 12 nitrogen and oxygen atoms in total. The number of hydrogen-bond donors (Lipinski definition) is 6. The number of pyridine rings is 1. The molecule has 3 aromatic heterocycles. The second-order valence-corrected chi connectivity index (χ2v) is 12.1. The molecule has 6 N–H and O–H groups in total. The van der Waals surface area contributed by atoms with Crippen LogP contribution in [0, 0.1) is 25.7 Å². The van der Waals surface area contributed by atoms with Crippen molar-refractivity contribution in [3.63, 3.8) is 0 Å². The van der Waals surface area contributed by atoms with Crippen molar-refractivity contribution in [2.45, 2.75) is 77.4 Å². The Morgan fingerprint density at radius 2 is 1.95 bits per heavy atom. The van der Waals surface area contributed by atoms with Gasteiger partial charge in [-0.05, 0) is 58.9 Å².